The zero-order chi connectivity index (χ0) is 17.5. The summed E-state index contributed by atoms with van der Waals surface area (Å²) in [6, 6.07) is 8.30. The quantitative estimate of drug-likeness (QED) is 0.471. The van der Waals surface area contributed by atoms with Crippen molar-refractivity contribution in [3.63, 3.8) is 0 Å². The molecule has 1 aliphatic heterocycles. The summed E-state index contributed by atoms with van der Waals surface area (Å²) in [6.07, 6.45) is 1.55. The molecule has 2 heterocycles. The van der Waals surface area contributed by atoms with Crippen molar-refractivity contribution in [2.24, 2.45) is 5.41 Å². The van der Waals surface area contributed by atoms with E-state index in [1.54, 1.807) is 51.1 Å². The number of ketones is 1. The van der Waals surface area contributed by atoms with Crippen molar-refractivity contribution in [1.29, 1.82) is 0 Å². The lowest BCUT2D eigenvalue weighted by Crippen LogP contribution is -2.25. The molecule has 1 aromatic heterocycles. The van der Waals surface area contributed by atoms with Gasteiger partial charge in [0, 0.05) is 12.1 Å². The number of carbonyl (C=O) groups is 2. The first-order valence-corrected chi connectivity index (χ1v) is 7.61. The number of rotatable bonds is 2. The number of furan rings is 1. The molecule has 0 bridgehead atoms. The minimum Gasteiger partial charge on any atom is -0.462 e. The van der Waals surface area contributed by atoms with E-state index < -0.39 is 5.41 Å². The van der Waals surface area contributed by atoms with Gasteiger partial charge in [-0.25, -0.2) is 0 Å². The average Bonchev–Trinajstić information content (AvgIpc) is 3.03. The molecule has 0 amide bonds. The van der Waals surface area contributed by atoms with Crippen LogP contribution in [0.25, 0.3) is 6.08 Å². The van der Waals surface area contributed by atoms with Crippen LogP contribution in [0.15, 0.2) is 40.5 Å². The first-order valence-electron chi connectivity index (χ1n) is 7.61. The van der Waals surface area contributed by atoms with Gasteiger partial charge in [-0.3, -0.25) is 9.59 Å². The summed E-state index contributed by atoms with van der Waals surface area (Å²) in [5.41, 5.74) is -0.183. The smallest absolute Gasteiger partial charge is 0.316 e. The maximum atomic E-state index is 12.4. The first kappa shape index (κ1) is 16.1. The Labute approximate surface area is 139 Å². The number of carbonyl (C=O) groups excluding carboxylic acids is 2. The summed E-state index contributed by atoms with van der Waals surface area (Å²) >= 11 is 0. The van der Waals surface area contributed by atoms with Crippen LogP contribution in [0.2, 0.25) is 0 Å². The Morgan fingerprint density at radius 2 is 1.92 bits per heavy atom. The molecule has 0 saturated heterocycles. The first-order chi connectivity index (χ1) is 11.2. The van der Waals surface area contributed by atoms with E-state index in [0.29, 0.717) is 22.8 Å². The molecule has 0 unspecified atom stereocenters. The highest BCUT2D eigenvalue weighted by molar-refractivity contribution is 6.14. The van der Waals surface area contributed by atoms with Crippen LogP contribution in [-0.4, -0.2) is 11.8 Å². The van der Waals surface area contributed by atoms with E-state index in [2.05, 4.69) is 0 Å². The summed E-state index contributed by atoms with van der Waals surface area (Å²) < 4.78 is 16.4. The summed E-state index contributed by atoms with van der Waals surface area (Å²) in [6.45, 7) is 7.14. The number of hydrogen-bond acceptors (Lipinski definition) is 5. The fraction of sp³-hybridized carbons (Fsp3) is 0.263. The Bertz CT molecular complexity index is 849. The van der Waals surface area contributed by atoms with Crippen LogP contribution in [0.1, 0.15) is 42.6 Å². The molecule has 0 spiro atoms. The molecule has 5 heteroatoms. The number of Topliss-reactive ketones (excluding diaryl/α,β-unsaturated/α-hetero) is 1. The van der Waals surface area contributed by atoms with Gasteiger partial charge in [-0.1, -0.05) is 0 Å². The highest BCUT2D eigenvalue weighted by atomic mass is 16.5. The van der Waals surface area contributed by atoms with Crippen LogP contribution in [0, 0.1) is 12.3 Å². The molecule has 0 atom stereocenters. The summed E-state index contributed by atoms with van der Waals surface area (Å²) in [7, 11) is 0. The predicted octanol–water partition coefficient (Wildman–Crippen LogP) is 4.16. The molecule has 24 heavy (non-hydrogen) atoms. The second-order valence-corrected chi connectivity index (χ2v) is 6.69. The van der Waals surface area contributed by atoms with Gasteiger partial charge in [-0.05, 0) is 52.0 Å². The molecule has 5 nitrogen and oxygen atoms in total. The number of ether oxygens (including phenoxy) is 2. The molecule has 0 N–H and O–H groups in total. The molecular weight excluding hydrogens is 308 g/mol. The van der Waals surface area contributed by atoms with E-state index >= 15 is 0 Å². The lowest BCUT2D eigenvalue weighted by Gasteiger charge is -2.16. The van der Waals surface area contributed by atoms with E-state index in [1.807, 2.05) is 13.0 Å². The van der Waals surface area contributed by atoms with E-state index in [4.69, 9.17) is 13.9 Å². The zero-order valence-corrected chi connectivity index (χ0v) is 14.0. The SMILES string of the molecule is Cc1ccc(/C=C2\Oc3cc(OC(=O)C(C)(C)C)ccc3C2=O)o1. The normalized spacial score (nSPS) is 15.3. The Hall–Kier alpha value is -2.82. The van der Waals surface area contributed by atoms with Crippen LogP contribution >= 0.6 is 0 Å². The van der Waals surface area contributed by atoms with Gasteiger partial charge in [0.05, 0.1) is 11.0 Å². The van der Waals surface area contributed by atoms with Crippen LogP contribution in [-0.2, 0) is 4.79 Å². The van der Waals surface area contributed by atoms with Gasteiger partial charge in [-0.15, -0.1) is 0 Å². The van der Waals surface area contributed by atoms with Crippen LogP contribution in [0.5, 0.6) is 11.5 Å². The van der Waals surface area contributed by atoms with Crippen molar-refractivity contribution in [2.45, 2.75) is 27.7 Å². The van der Waals surface area contributed by atoms with Crippen LogP contribution in [0.4, 0.5) is 0 Å². The monoisotopic (exact) mass is 326 g/mol. The third kappa shape index (κ3) is 3.11. The fourth-order valence-corrected chi connectivity index (χ4v) is 2.15. The van der Waals surface area contributed by atoms with E-state index in [9.17, 15) is 9.59 Å². The predicted molar refractivity (Wildman–Crippen MR) is 87.9 cm³/mol. The van der Waals surface area contributed by atoms with Gasteiger partial charge in [0.25, 0.3) is 0 Å². The minimum absolute atomic E-state index is 0.179. The summed E-state index contributed by atoms with van der Waals surface area (Å²) in [5, 5.41) is 0. The maximum Gasteiger partial charge on any atom is 0.316 e. The van der Waals surface area contributed by atoms with Gasteiger partial charge in [0.15, 0.2) is 5.76 Å². The molecular formula is C19H18O5. The van der Waals surface area contributed by atoms with Gasteiger partial charge in [0.1, 0.15) is 23.0 Å². The van der Waals surface area contributed by atoms with Gasteiger partial charge < -0.3 is 13.9 Å². The Morgan fingerprint density at radius 3 is 2.54 bits per heavy atom. The van der Waals surface area contributed by atoms with Gasteiger partial charge >= 0.3 is 5.97 Å². The lowest BCUT2D eigenvalue weighted by atomic mass is 9.97. The number of allylic oxidation sites excluding steroid dienone is 1. The topological polar surface area (TPSA) is 65.7 Å². The van der Waals surface area contributed by atoms with Crippen molar-refractivity contribution >= 4 is 17.8 Å². The highest BCUT2D eigenvalue weighted by Gasteiger charge is 2.29. The summed E-state index contributed by atoms with van der Waals surface area (Å²) in [4.78, 5) is 24.3. The number of hydrogen-bond donors (Lipinski definition) is 0. The average molecular weight is 326 g/mol. The second-order valence-electron chi connectivity index (χ2n) is 6.69. The minimum atomic E-state index is -0.613. The van der Waals surface area contributed by atoms with E-state index in [0.717, 1.165) is 5.76 Å². The van der Waals surface area contributed by atoms with Crippen LogP contribution in [0.3, 0.4) is 0 Å². The molecule has 0 radical (unpaired) electrons. The number of aryl methyl sites for hydroxylation is 1. The third-order valence-electron chi connectivity index (χ3n) is 3.50. The number of fused-ring (bicyclic) bond motifs is 1. The number of esters is 1. The molecule has 0 fully saturated rings. The van der Waals surface area contributed by atoms with E-state index in [-0.39, 0.29) is 17.5 Å². The second kappa shape index (κ2) is 5.67. The van der Waals surface area contributed by atoms with Crippen molar-refractivity contribution in [2.75, 3.05) is 0 Å². The van der Waals surface area contributed by atoms with Gasteiger partial charge in [-0.2, -0.15) is 0 Å². The molecule has 3 rings (SSSR count). The maximum absolute atomic E-state index is 12.4. The van der Waals surface area contributed by atoms with Gasteiger partial charge in [0.2, 0.25) is 5.78 Å². The molecule has 0 aliphatic carbocycles. The van der Waals surface area contributed by atoms with Crippen molar-refractivity contribution < 1.29 is 23.5 Å². The zero-order valence-electron chi connectivity index (χ0n) is 14.0. The van der Waals surface area contributed by atoms with Crippen molar-refractivity contribution in [3.05, 3.63) is 53.2 Å². The lowest BCUT2D eigenvalue weighted by molar-refractivity contribution is -0.143. The molecule has 124 valence electrons. The summed E-state index contributed by atoms with van der Waals surface area (Å²) in [5.74, 6) is 1.61. The molecule has 0 saturated carbocycles. The Morgan fingerprint density at radius 1 is 1.17 bits per heavy atom. The van der Waals surface area contributed by atoms with E-state index in [1.165, 1.54) is 0 Å². The Balaban J connectivity index is 1.84. The van der Waals surface area contributed by atoms with Crippen molar-refractivity contribution in [1.82, 2.24) is 0 Å². The molecule has 2 aromatic rings. The highest BCUT2D eigenvalue weighted by Crippen LogP contribution is 2.35. The number of benzene rings is 1. The standard InChI is InChI=1S/C19H18O5/c1-11-5-6-12(22-11)10-16-17(20)14-8-7-13(9-15(14)24-16)23-18(21)19(2,3)4/h5-10H,1-4H3/b16-10-. The molecule has 1 aromatic carbocycles. The van der Waals surface area contributed by atoms with Crippen LogP contribution < -0.4 is 9.47 Å². The molecule has 1 aliphatic rings. The third-order valence-corrected chi connectivity index (χ3v) is 3.50. The largest absolute Gasteiger partial charge is 0.462 e. The van der Waals surface area contributed by atoms with Crippen molar-refractivity contribution in [3.8, 4) is 11.5 Å². The fourth-order valence-electron chi connectivity index (χ4n) is 2.15. The Kier molecular flexibility index (Phi) is 3.79.